The molecule has 5 aliphatic rings. The molecule has 5 saturated heterocycles. The minimum absolute atomic E-state index is 0.0755. The lowest BCUT2D eigenvalue weighted by Crippen LogP contribution is -2.61. The number of carbonyl (C=O) groups is 1. The Morgan fingerprint density at radius 2 is 1.88 bits per heavy atom. The molecule has 0 saturated carbocycles. The molecule has 6 heterocycles. The molecule has 13 nitrogen and oxygen atoms in total. The number of hydrogen-bond donors (Lipinski definition) is 1. The molecular formula is C35H50FN7O6S. The first kappa shape index (κ1) is 35.5. The van der Waals surface area contributed by atoms with E-state index < -0.39 is 16.0 Å². The Balaban J connectivity index is 0.921. The van der Waals surface area contributed by atoms with Crippen LogP contribution < -0.4 is 14.4 Å². The first-order valence-electron chi connectivity index (χ1n) is 18.1. The van der Waals surface area contributed by atoms with Gasteiger partial charge in [-0.05, 0) is 90.1 Å². The average molecular weight is 716 g/mol. The maximum absolute atomic E-state index is 14.5. The smallest absolute Gasteiger partial charge is 0.279 e. The van der Waals surface area contributed by atoms with Crippen LogP contribution in [0, 0.1) is 11.2 Å². The van der Waals surface area contributed by atoms with E-state index in [1.54, 1.807) is 15.4 Å². The van der Waals surface area contributed by atoms with Crippen molar-refractivity contribution in [1.29, 1.82) is 0 Å². The summed E-state index contributed by atoms with van der Waals surface area (Å²) in [6.07, 6.45) is 9.53. The van der Waals surface area contributed by atoms with Gasteiger partial charge >= 0.3 is 0 Å². The van der Waals surface area contributed by atoms with Gasteiger partial charge in [-0.1, -0.05) is 0 Å². The van der Waals surface area contributed by atoms with Gasteiger partial charge in [-0.15, -0.1) is 0 Å². The monoisotopic (exact) mass is 715 g/mol. The first-order chi connectivity index (χ1) is 24.1. The van der Waals surface area contributed by atoms with E-state index in [2.05, 4.69) is 24.5 Å². The van der Waals surface area contributed by atoms with Crippen LogP contribution in [0.5, 0.6) is 11.5 Å². The highest BCUT2D eigenvalue weighted by Gasteiger charge is 2.46. The summed E-state index contributed by atoms with van der Waals surface area (Å²) in [5.74, 6) is 0.550. The van der Waals surface area contributed by atoms with E-state index in [4.69, 9.17) is 14.2 Å². The van der Waals surface area contributed by atoms with Crippen LogP contribution in [-0.2, 0) is 19.7 Å². The van der Waals surface area contributed by atoms with Crippen molar-refractivity contribution in [1.82, 2.24) is 28.8 Å². The highest BCUT2D eigenvalue weighted by molar-refractivity contribution is 7.87. The fourth-order valence-electron chi connectivity index (χ4n) is 8.18. The highest BCUT2D eigenvalue weighted by Crippen LogP contribution is 2.45. The minimum atomic E-state index is -3.43. The number of benzene rings is 1. The number of rotatable bonds is 11. The fourth-order valence-corrected chi connectivity index (χ4v) is 9.68. The molecule has 0 bridgehead atoms. The third-order valence-corrected chi connectivity index (χ3v) is 12.6. The van der Waals surface area contributed by atoms with Gasteiger partial charge in [0, 0.05) is 56.8 Å². The van der Waals surface area contributed by atoms with E-state index in [1.807, 2.05) is 13.8 Å². The van der Waals surface area contributed by atoms with Gasteiger partial charge in [-0.3, -0.25) is 4.79 Å². The number of anilines is 1. The zero-order valence-electron chi connectivity index (χ0n) is 29.1. The molecular weight excluding hydrogens is 665 g/mol. The van der Waals surface area contributed by atoms with Crippen LogP contribution in [0.1, 0.15) is 69.2 Å². The van der Waals surface area contributed by atoms with Gasteiger partial charge in [0.05, 0.1) is 37.1 Å². The molecule has 0 radical (unpaired) electrons. The summed E-state index contributed by atoms with van der Waals surface area (Å²) in [6, 6.07) is 3.70. The SMILES string of the molecule is CC(C)N(C(=O)c1cc(F)ccc1Oc1cncnc1N1CC2(CCN(C[C@@H]3CC[C@@H](NS(=O)(=O)N4CCCC4)CO3)CC2)C1)[C@H]1CCOC1. The van der Waals surface area contributed by atoms with E-state index in [9.17, 15) is 17.6 Å². The van der Waals surface area contributed by atoms with Gasteiger partial charge in [0.1, 0.15) is 17.9 Å². The lowest BCUT2D eigenvalue weighted by molar-refractivity contribution is -0.0300. The number of halogens is 1. The molecule has 2 aromatic rings. The van der Waals surface area contributed by atoms with Gasteiger partial charge < -0.3 is 28.9 Å². The molecule has 1 amide bonds. The summed E-state index contributed by atoms with van der Waals surface area (Å²) in [5, 5.41) is 0. The van der Waals surface area contributed by atoms with E-state index in [1.165, 1.54) is 24.5 Å². The third-order valence-electron chi connectivity index (χ3n) is 11.0. The Morgan fingerprint density at radius 3 is 2.56 bits per heavy atom. The number of nitrogens with zero attached hydrogens (tertiary/aromatic N) is 6. The standard InChI is InChI=1S/C35H50FN7O6S/c1-25(2)43(28-9-16-47-21-28)34(44)30-17-26(36)5-8-31(30)49-32-18-37-24-38-33(32)41-22-35(23-41)10-14-40(15-11-35)19-29-7-6-27(20-48-29)39-50(45,46)42-12-3-4-13-42/h5,8,17-18,24-25,27-29,39H,3-4,6-7,9-16,19-23H2,1-2H3/t27-,28+,29+/m1/s1. The van der Waals surface area contributed by atoms with Gasteiger partial charge in [0.25, 0.3) is 16.1 Å². The second-order valence-corrected chi connectivity index (χ2v) is 16.6. The Hall–Kier alpha value is -2.95. The molecule has 50 heavy (non-hydrogen) atoms. The van der Waals surface area contributed by atoms with Crippen LogP contribution in [-0.4, -0.2) is 128 Å². The van der Waals surface area contributed by atoms with Crippen molar-refractivity contribution in [3.05, 3.63) is 42.1 Å². The van der Waals surface area contributed by atoms with Crippen molar-refractivity contribution in [2.75, 3.05) is 70.5 Å². The lowest BCUT2D eigenvalue weighted by Gasteiger charge is -2.54. The highest BCUT2D eigenvalue weighted by atomic mass is 32.2. The largest absolute Gasteiger partial charge is 0.451 e. The predicted octanol–water partition coefficient (Wildman–Crippen LogP) is 3.43. The molecule has 7 rings (SSSR count). The quantitative estimate of drug-likeness (QED) is 0.370. The topological polar surface area (TPSA) is 130 Å². The Kier molecular flexibility index (Phi) is 10.6. The Morgan fingerprint density at radius 1 is 1.10 bits per heavy atom. The average Bonchev–Trinajstić information content (AvgIpc) is 3.82. The zero-order valence-corrected chi connectivity index (χ0v) is 30.0. The molecule has 1 spiro atoms. The summed E-state index contributed by atoms with van der Waals surface area (Å²) in [7, 11) is -3.43. The summed E-state index contributed by atoms with van der Waals surface area (Å²) >= 11 is 0. The number of aromatic nitrogens is 2. The number of nitrogens with one attached hydrogen (secondary N) is 1. The number of likely N-dealkylation sites (tertiary alicyclic amines) is 1. The summed E-state index contributed by atoms with van der Waals surface area (Å²) in [6.45, 7) is 11.1. The number of hydrogen-bond acceptors (Lipinski definition) is 10. The number of amides is 1. The van der Waals surface area contributed by atoms with Crippen LogP contribution >= 0.6 is 0 Å². The van der Waals surface area contributed by atoms with Crippen molar-refractivity contribution in [3.63, 3.8) is 0 Å². The Bertz CT molecular complexity index is 1600. The van der Waals surface area contributed by atoms with Crippen molar-refractivity contribution in [2.24, 2.45) is 5.41 Å². The summed E-state index contributed by atoms with van der Waals surface area (Å²) in [4.78, 5) is 29.0. The minimum Gasteiger partial charge on any atom is -0.451 e. The molecule has 15 heteroatoms. The molecule has 1 N–H and O–H groups in total. The second-order valence-electron chi connectivity index (χ2n) is 14.9. The molecule has 5 fully saturated rings. The number of carbonyl (C=O) groups excluding carboxylic acids is 1. The maximum atomic E-state index is 14.5. The lowest BCUT2D eigenvalue weighted by atomic mass is 9.72. The van der Waals surface area contributed by atoms with Gasteiger partial charge in [-0.2, -0.15) is 17.4 Å². The second kappa shape index (κ2) is 15.0. The molecule has 0 aliphatic carbocycles. The van der Waals surface area contributed by atoms with E-state index >= 15 is 0 Å². The maximum Gasteiger partial charge on any atom is 0.279 e. The van der Waals surface area contributed by atoms with E-state index in [0.29, 0.717) is 44.5 Å². The van der Waals surface area contributed by atoms with Crippen LogP contribution in [0.4, 0.5) is 10.2 Å². The first-order valence-corrected chi connectivity index (χ1v) is 19.6. The van der Waals surface area contributed by atoms with Crippen LogP contribution in [0.3, 0.4) is 0 Å². The van der Waals surface area contributed by atoms with Crippen LogP contribution in [0.2, 0.25) is 0 Å². The van der Waals surface area contributed by atoms with Gasteiger partial charge in [-0.25, -0.2) is 14.4 Å². The molecule has 1 aromatic carbocycles. The fraction of sp³-hybridized carbons (Fsp3) is 0.686. The van der Waals surface area contributed by atoms with Crippen molar-refractivity contribution >= 4 is 21.9 Å². The molecule has 5 aliphatic heterocycles. The van der Waals surface area contributed by atoms with Crippen LogP contribution in [0.15, 0.2) is 30.7 Å². The van der Waals surface area contributed by atoms with Crippen molar-refractivity contribution in [2.45, 2.75) is 83.0 Å². The van der Waals surface area contributed by atoms with Crippen molar-refractivity contribution < 1.29 is 31.8 Å². The number of ether oxygens (including phenoxy) is 3. The van der Waals surface area contributed by atoms with E-state index in [-0.39, 0.29) is 46.9 Å². The molecule has 0 unspecified atom stereocenters. The van der Waals surface area contributed by atoms with Crippen LogP contribution in [0.25, 0.3) is 0 Å². The normalized spacial score (nSPS) is 26.0. The molecule has 274 valence electrons. The number of piperidine rings is 1. The molecule has 1 aromatic heterocycles. The summed E-state index contributed by atoms with van der Waals surface area (Å²) < 4.78 is 62.2. The summed E-state index contributed by atoms with van der Waals surface area (Å²) in [5.41, 5.74) is 0.345. The van der Waals surface area contributed by atoms with Crippen molar-refractivity contribution in [3.8, 4) is 11.5 Å². The Labute approximate surface area is 294 Å². The molecule has 3 atom stereocenters. The van der Waals surface area contributed by atoms with E-state index in [0.717, 1.165) is 77.7 Å². The zero-order chi connectivity index (χ0) is 34.9. The predicted molar refractivity (Wildman–Crippen MR) is 185 cm³/mol. The van der Waals surface area contributed by atoms with Gasteiger partial charge in [0.15, 0.2) is 11.6 Å². The third kappa shape index (κ3) is 7.77. The van der Waals surface area contributed by atoms with Gasteiger partial charge in [0.2, 0.25) is 0 Å².